The number of hydrogen-bond donors (Lipinski definition) is 2. The van der Waals surface area contributed by atoms with E-state index in [0.717, 1.165) is 17.5 Å². The highest BCUT2D eigenvalue weighted by Crippen LogP contribution is 2.34. The lowest BCUT2D eigenvalue weighted by atomic mass is 9.88. The van der Waals surface area contributed by atoms with Gasteiger partial charge in [0.1, 0.15) is 6.04 Å². The van der Waals surface area contributed by atoms with E-state index in [-0.39, 0.29) is 24.3 Å². The molecule has 1 fully saturated rings. The Morgan fingerprint density at radius 3 is 2.71 bits per heavy atom. The minimum absolute atomic E-state index is 0.253. The maximum atomic E-state index is 12.6. The quantitative estimate of drug-likeness (QED) is 0.786. The summed E-state index contributed by atoms with van der Waals surface area (Å²) in [5, 5.41) is 11.9. The number of benzene rings is 1. The smallest absolute Gasteiger partial charge is 0.326 e. The number of aliphatic carboxylic acids is 1. The van der Waals surface area contributed by atoms with Crippen LogP contribution in [0.2, 0.25) is 0 Å². The van der Waals surface area contributed by atoms with Crippen molar-refractivity contribution in [3.05, 3.63) is 47.5 Å². The van der Waals surface area contributed by atoms with Crippen molar-refractivity contribution in [2.75, 3.05) is 6.61 Å². The fourth-order valence-corrected chi connectivity index (χ4v) is 2.91. The number of carboxylic acid groups (broad SMARTS) is 1. The molecule has 0 aliphatic carbocycles. The number of ether oxygens (including phenoxy) is 1. The highest BCUT2D eigenvalue weighted by atomic mass is 16.5. The van der Waals surface area contributed by atoms with Crippen molar-refractivity contribution in [3.8, 4) is 0 Å². The first-order valence-corrected chi connectivity index (χ1v) is 8.35. The van der Waals surface area contributed by atoms with Crippen LogP contribution < -0.4 is 5.32 Å². The highest BCUT2D eigenvalue weighted by molar-refractivity contribution is 5.85. The molecule has 0 radical (unpaired) electrons. The van der Waals surface area contributed by atoms with Gasteiger partial charge in [0.25, 0.3) is 0 Å². The van der Waals surface area contributed by atoms with Gasteiger partial charge in [0.15, 0.2) is 0 Å². The molecule has 130 valence electrons. The second-order valence-corrected chi connectivity index (χ2v) is 6.15. The van der Waals surface area contributed by atoms with E-state index in [1.165, 1.54) is 0 Å². The Hall–Kier alpha value is -2.14. The van der Waals surface area contributed by atoms with E-state index in [1.54, 1.807) is 12.2 Å². The van der Waals surface area contributed by atoms with Crippen molar-refractivity contribution >= 4 is 11.9 Å². The average Bonchev–Trinajstić information content (AvgIpc) is 2.59. The zero-order valence-electron chi connectivity index (χ0n) is 14.2. The Morgan fingerprint density at radius 1 is 1.38 bits per heavy atom. The van der Waals surface area contributed by atoms with Gasteiger partial charge in [-0.2, -0.15) is 0 Å². The summed E-state index contributed by atoms with van der Waals surface area (Å²) in [6, 6.07) is 7.03. The van der Waals surface area contributed by atoms with Crippen molar-refractivity contribution in [2.45, 2.75) is 45.3 Å². The molecule has 0 bridgehead atoms. The molecule has 2 N–H and O–H groups in total. The second-order valence-electron chi connectivity index (χ2n) is 6.15. The van der Waals surface area contributed by atoms with Gasteiger partial charge in [0, 0.05) is 6.61 Å². The largest absolute Gasteiger partial charge is 0.480 e. The van der Waals surface area contributed by atoms with Gasteiger partial charge in [-0.05, 0) is 38.7 Å². The number of carbonyl (C=O) groups is 2. The van der Waals surface area contributed by atoms with Crippen LogP contribution in [0.3, 0.4) is 0 Å². The Kier molecular flexibility index (Phi) is 6.55. The van der Waals surface area contributed by atoms with Gasteiger partial charge in [0.05, 0.1) is 12.0 Å². The van der Waals surface area contributed by atoms with Crippen LogP contribution in [-0.4, -0.2) is 29.6 Å². The number of hydrogen-bond acceptors (Lipinski definition) is 3. The predicted molar refractivity (Wildman–Crippen MR) is 91.6 cm³/mol. The van der Waals surface area contributed by atoms with E-state index in [4.69, 9.17) is 4.74 Å². The van der Waals surface area contributed by atoms with Crippen molar-refractivity contribution in [2.24, 2.45) is 5.92 Å². The summed E-state index contributed by atoms with van der Waals surface area (Å²) in [5.74, 6) is -1.64. The zero-order valence-corrected chi connectivity index (χ0v) is 14.2. The lowest BCUT2D eigenvalue weighted by Gasteiger charge is -2.32. The van der Waals surface area contributed by atoms with E-state index in [9.17, 15) is 14.7 Å². The van der Waals surface area contributed by atoms with Crippen molar-refractivity contribution in [1.29, 1.82) is 0 Å². The Balaban J connectivity index is 2.12. The van der Waals surface area contributed by atoms with Crippen molar-refractivity contribution in [3.63, 3.8) is 0 Å². The van der Waals surface area contributed by atoms with Crippen molar-refractivity contribution in [1.82, 2.24) is 5.32 Å². The minimum atomic E-state index is -1.02. The number of aryl methyl sites for hydroxylation is 1. The topological polar surface area (TPSA) is 75.6 Å². The van der Waals surface area contributed by atoms with Gasteiger partial charge < -0.3 is 15.2 Å². The molecule has 1 heterocycles. The van der Waals surface area contributed by atoms with Crippen LogP contribution in [0.4, 0.5) is 0 Å². The summed E-state index contributed by atoms with van der Waals surface area (Å²) in [4.78, 5) is 24.0. The number of nitrogens with one attached hydrogen (secondary N) is 1. The maximum absolute atomic E-state index is 12.6. The van der Waals surface area contributed by atoms with Gasteiger partial charge >= 0.3 is 5.97 Å². The molecule has 1 amide bonds. The summed E-state index contributed by atoms with van der Waals surface area (Å²) in [5.41, 5.74) is 2.11. The molecule has 0 saturated carbocycles. The molecule has 1 aromatic rings. The van der Waals surface area contributed by atoms with Crippen molar-refractivity contribution < 1.29 is 19.4 Å². The molecule has 5 nitrogen and oxygen atoms in total. The van der Waals surface area contributed by atoms with Crippen LogP contribution in [0.5, 0.6) is 0 Å². The lowest BCUT2D eigenvalue weighted by molar-refractivity contribution is -0.145. The van der Waals surface area contributed by atoms with E-state index in [2.05, 4.69) is 5.32 Å². The number of carbonyl (C=O) groups excluding carboxylic acids is 1. The van der Waals surface area contributed by atoms with Crippen LogP contribution in [0, 0.1) is 12.8 Å². The third-order valence-corrected chi connectivity index (χ3v) is 4.29. The number of carboxylic acids is 1. The third-order valence-electron chi connectivity index (χ3n) is 4.29. The molecule has 0 spiro atoms. The molecule has 1 aliphatic heterocycles. The number of amides is 1. The molecule has 0 aromatic heterocycles. The lowest BCUT2D eigenvalue weighted by Crippen LogP contribution is -2.45. The SMILES string of the molecule is C/C=C/CC(NC(=O)C1CCCOC1c1ccc(C)cc1)C(=O)O. The molecule has 1 aliphatic rings. The standard InChI is InChI=1S/C19H25NO4/c1-3-4-7-16(19(22)23)20-18(21)15-6-5-12-24-17(15)14-10-8-13(2)9-11-14/h3-4,8-11,15-17H,5-7,12H2,1-2H3,(H,20,21)(H,22,23)/b4-3+. The van der Waals surface area contributed by atoms with E-state index < -0.39 is 12.0 Å². The third kappa shape index (κ3) is 4.68. The fraction of sp³-hybridized carbons (Fsp3) is 0.474. The Bertz CT molecular complexity index is 594. The summed E-state index contributed by atoms with van der Waals surface area (Å²) in [7, 11) is 0. The van der Waals surface area contributed by atoms with Crippen LogP contribution in [0.15, 0.2) is 36.4 Å². The molecule has 2 rings (SSSR count). The van der Waals surface area contributed by atoms with E-state index >= 15 is 0 Å². The second kappa shape index (κ2) is 8.64. The van der Waals surface area contributed by atoms with Gasteiger partial charge in [-0.1, -0.05) is 42.0 Å². The normalized spacial score (nSPS) is 22.2. The van der Waals surface area contributed by atoms with Crippen LogP contribution in [0.1, 0.15) is 43.4 Å². The summed E-state index contributed by atoms with van der Waals surface area (Å²) >= 11 is 0. The zero-order chi connectivity index (χ0) is 17.5. The van der Waals surface area contributed by atoms with Gasteiger partial charge in [-0.3, -0.25) is 4.79 Å². The van der Waals surface area contributed by atoms with Gasteiger partial charge in [-0.25, -0.2) is 4.79 Å². The van der Waals surface area contributed by atoms with Crippen LogP contribution in [0.25, 0.3) is 0 Å². The monoisotopic (exact) mass is 331 g/mol. The maximum Gasteiger partial charge on any atom is 0.326 e. The number of rotatable bonds is 6. The molecular weight excluding hydrogens is 306 g/mol. The molecule has 1 aromatic carbocycles. The minimum Gasteiger partial charge on any atom is -0.480 e. The first-order valence-electron chi connectivity index (χ1n) is 8.35. The molecule has 24 heavy (non-hydrogen) atoms. The highest BCUT2D eigenvalue weighted by Gasteiger charge is 2.34. The fourth-order valence-electron chi connectivity index (χ4n) is 2.91. The van der Waals surface area contributed by atoms with Crippen LogP contribution in [-0.2, 0) is 14.3 Å². The molecule has 3 atom stereocenters. The molecule has 5 heteroatoms. The first-order chi connectivity index (χ1) is 11.5. The van der Waals surface area contributed by atoms with Gasteiger partial charge in [-0.15, -0.1) is 0 Å². The van der Waals surface area contributed by atoms with Crippen LogP contribution >= 0.6 is 0 Å². The predicted octanol–water partition coefficient (Wildman–Crippen LogP) is 3.00. The molecule has 1 saturated heterocycles. The summed E-state index contributed by atoms with van der Waals surface area (Å²) < 4.78 is 5.84. The summed E-state index contributed by atoms with van der Waals surface area (Å²) in [6.45, 7) is 4.45. The first kappa shape index (κ1) is 18.2. The average molecular weight is 331 g/mol. The molecule has 3 unspecified atom stereocenters. The molecular formula is C19H25NO4. The number of allylic oxidation sites excluding steroid dienone is 1. The Labute approximate surface area is 142 Å². The van der Waals surface area contributed by atoms with E-state index in [0.29, 0.717) is 13.0 Å². The van der Waals surface area contributed by atoms with Gasteiger partial charge in [0.2, 0.25) is 5.91 Å². The van der Waals surface area contributed by atoms with E-state index in [1.807, 2.05) is 38.1 Å². The Morgan fingerprint density at radius 2 is 2.08 bits per heavy atom. The summed E-state index contributed by atoms with van der Waals surface area (Å²) in [6.07, 6.45) is 4.97.